The Morgan fingerprint density at radius 3 is 2.77 bits per heavy atom. The van der Waals surface area contributed by atoms with Crippen LogP contribution in [0.2, 0.25) is 0 Å². The van der Waals surface area contributed by atoms with E-state index in [2.05, 4.69) is 37.9 Å². The van der Waals surface area contributed by atoms with Crippen LogP contribution in [0.5, 0.6) is 5.75 Å². The Kier molecular flexibility index (Phi) is 8.81. The minimum Gasteiger partial charge on any atom is -0.491 e. The number of nitrogens with two attached hydrogens (primary N) is 1. The van der Waals surface area contributed by atoms with Crippen molar-refractivity contribution in [2.45, 2.75) is 95.3 Å². The molecule has 2 amide bonds. The highest BCUT2D eigenvalue weighted by atomic mass is 16.5. The standard InChI is InChI=1S/C33H48N8O3/c1-5-26(37-22-8-6-7-9-22)31(43)41(4)28-18-35-32(36-20(28)2)39-27-11-10-25(24-13-15-44-29(24)27)30(42)38-23-16-21-12-14-40(3)19-33(21,34)17-23/h10-11,18,21-23,26,37H,5-9,12-17,19,34H2,1-4H3,(H,38,42)(H,35,36,39)/t21-,23-,26-,33+/m1/s1. The van der Waals surface area contributed by atoms with E-state index in [1.807, 2.05) is 26.0 Å². The van der Waals surface area contributed by atoms with Crippen molar-refractivity contribution in [1.29, 1.82) is 0 Å². The van der Waals surface area contributed by atoms with Crippen molar-refractivity contribution >= 4 is 29.1 Å². The van der Waals surface area contributed by atoms with Gasteiger partial charge in [0.2, 0.25) is 11.9 Å². The number of anilines is 3. The number of nitrogens with one attached hydrogen (secondary N) is 3. The first-order chi connectivity index (χ1) is 21.1. The second kappa shape index (κ2) is 12.6. The predicted molar refractivity (Wildman–Crippen MR) is 172 cm³/mol. The lowest BCUT2D eigenvalue weighted by molar-refractivity contribution is -0.120. The zero-order valence-corrected chi connectivity index (χ0v) is 26.6. The van der Waals surface area contributed by atoms with Gasteiger partial charge in [-0.15, -0.1) is 0 Å². The summed E-state index contributed by atoms with van der Waals surface area (Å²) in [6.45, 7) is 6.37. The molecule has 5 N–H and O–H groups in total. The maximum atomic E-state index is 13.5. The van der Waals surface area contributed by atoms with E-state index in [0.29, 0.717) is 59.3 Å². The molecule has 11 nitrogen and oxygen atoms in total. The molecule has 1 aromatic carbocycles. The number of aromatic nitrogens is 2. The molecule has 1 aromatic heterocycles. The fourth-order valence-electron chi connectivity index (χ4n) is 7.89. The number of rotatable bonds is 9. The van der Waals surface area contributed by atoms with Crippen molar-refractivity contribution in [2.24, 2.45) is 11.7 Å². The van der Waals surface area contributed by atoms with Crippen molar-refractivity contribution in [1.82, 2.24) is 25.5 Å². The van der Waals surface area contributed by atoms with E-state index in [1.54, 1.807) is 18.1 Å². The highest BCUT2D eigenvalue weighted by molar-refractivity contribution is 5.98. The number of aryl methyl sites for hydroxylation is 1. The van der Waals surface area contributed by atoms with Gasteiger partial charge in [-0.25, -0.2) is 9.97 Å². The van der Waals surface area contributed by atoms with E-state index in [-0.39, 0.29) is 29.4 Å². The lowest BCUT2D eigenvalue weighted by Gasteiger charge is -2.40. The number of nitrogens with zero attached hydrogens (tertiary/aromatic N) is 4. The molecule has 2 aliphatic carbocycles. The van der Waals surface area contributed by atoms with Crippen molar-refractivity contribution in [3.8, 4) is 5.75 Å². The van der Waals surface area contributed by atoms with E-state index in [9.17, 15) is 9.59 Å². The Balaban J connectivity index is 1.12. The Morgan fingerprint density at radius 1 is 1.23 bits per heavy atom. The lowest BCUT2D eigenvalue weighted by atomic mass is 9.82. The lowest BCUT2D eigenvalue weighted by Crippen LogP contribution is -2.56. The highest BCUT2D eigenvalue weighted by Gasteiger charge is 2.47. The third kappa shape index (κ3) is 6.14. The van der Waals surface area contributed by atoms with Gasteiger partial charge in [0.25, 0.3) is 5.91 Å². The highest BCUT2D eigenvalue weighted by Crippen LogP contribution is 2.41. The molecule has 2 aliphatic heterocycles. The molecular formula is C33H48N8O3. The first kappa shape index (κ1) is 30.7. The molecule has 238 valence electrons. The van der Waals surface area contributed by atoms with Crippen LogP contribution in [-0.2, 0) is 11.2 Å². The maximum Gasteiger partial charge on any atom is 0.251 e. The number of piperidine rings is 1. The van der Waals surface area contributed by atoms with Crippen LogP contribution < -0.4 is 31.3 Å². The normalized spacial score (nSPS) is 25.7. The van der Waals surface area contributed by atoms with Crippen LogP contribution >= 0.6 is 0 Å². The van der Waals surface area contributed by atoms with Crippen LogP contribution in [0.3, 0.4) is 0 Å². The zero-order valence-electron chi connectivity index (χ0n) is 26.6. The average molecular weight is 605 g/mol. The number of hydrogen-bond donors (Lipinski definition) is 4. The quantitative estimate of drug-likeness (QED) is 0.340. The molecule has 6 rings (SSSR count). The van der Waals surface area contributed by atoms with Crippen LogP contribution in [0.4, 0.5) is 17.3 Å². The van der Waals surface area contributed by atoms with E-state index in [0.717, 1.165) is 57.2 Å². The average Bonchev–Trinajstić information content (AvgIpc) is 3.75. The summed E-state index contributed by atoms with van der Waals surface area (Å²) in [5.74, 6) is 1.47. The smallest absolute Gasteiger partial charge is 0.251 e. The van der Waals surface area contributed by atoms with Crippen LogP contribution in [0.15, 0.2) is 18.3 Å². The Bertz CT molecular complexity index is 1400. The predicted octanol–water partition coefficient (Wildman–Crippen LogP) is 3.28. The summed E-state index contributed by atoms with van der Waals surface area (Å²) < 4.78 is 6.00. The SMILES string of the molecule is CC[C@@H](NC1CCCC1)C(=O)N(C)c1cnc(Nc2ccc(C(=O)N[C@@H]3C[C@H]4CCN(C)C[C@@]4(N)C3)c3c2OCC3)nc1C. The van der Waals surface area contributed by atoms with E-state index in [4.69, 9.17) is 10.5 Å². The molecule has 44 heavy (non-hydrogen) atoms. The molecule has 0 bridgehead atoms. The molecule has 11 heteroatoms. The van der Waals surface area contributed by atoms with Gasteiger partial charge in [-0.05, 0) is 77.1 Å². The Labute approximate surface area is 260 Å². The van der Waals surface area contributed by atoms with Crippen LogP contribution in [0, 0.1) is 12.8 Å². The number of ether oxygens (including phenoxy) is 1. The minimum absolute atomic E-state index is 0.0252. The molecular weight excluding hydrogens is 556 g/mol. The largest absolute Gasteiger partial charge is 0.491 e. The first-order valence-corrected chi connectivity index (χ1v) is 16.4. The molecule has 0 radical (unpaired) electrons. The molecule has 4 atom stereocenters. The third-order valence-electron chi connectivity index (χ3n) is 10.3. The Hall–Kier alpha value is -3.28. The van der Waals surface area contributed by atoms with Gasteiger partial charge >= 0.3 is 0 Å². The summed E-state index contributed by atoms with van der Waals surface area (Å²) in [7, 11) is 3.91. The van der Waals surface area contributed by atoms with Gasteiger partial charge in [0.15, 0.2) is 0 Å². The molecule has 3 fully saturated rings. The summed E-state index contributed by atoms with van der Waals surface area (Å²) in [6.07, 6.45) is 10.6. The van der Waals surface area contributed by atoms with E-state index >= 15 is 0 Å². The number of benzene rings is 1. The molecule has 2 aromatic rings. The zero-order chi connectivity index (χ0) is 31.0. The monoisotopic (exact) mass is 604 g/mol. The number of carbonyl (C=O) groups is 2. The van der Waals surface area contributed by atoms with Crippen LogP contribution in [0.1, 0.15) is 79.9 Å². The Morgan fingerprint density at radius 2 is 2.02 bits per heavy atom. The molecule has 0 unspecified atom stereocenters. The summed E-state index contributed by atoms with van der Waals surface area (Å²) in [6, 6.07) is 3.97. The molecule has 2 saturated carbocycles. The van der Waals surface area contributed by atoms with Crippen molar-refractivity contribution in [3.63, 3.8) is 0 Å². The second-order valence-corrected chi connectivity index (χ2v) is 13.4. The molecule has 3 heterocycles. The van der Waals surface area contributed by atoms with Crippen molar-refractivity contribution in [2.75, 3.05) is 44.0 Å². The topological polar surface area (TPSA) is 138 Å². The van der Waals surface area contributed by atoms with Gasteiger partial charge in [-0.2, -0.15) is 0 Å². The van der Waals surface area contributed by atoms with Gasteiger partial charge in [0.1, 0.15) is 5.75 Å². The van der Waals surface area contributed by atoms with Gasteiger partial charge < -0.3 is 36.2 Å². The number of likely N-dealkylation sites (tertiary alicyclic amines) is 1. The maximum absolute atomic E-state index is 13.5. The fourth-order valence-corrected chi connectivity index (χ4v) is 7.89. The molecule has 4 aliphatic rings. The summed E-state index contributed by atoms with van der Waals surface area (Å²) in [5.41, 5.74) is 10.2. The summed E-state index contributed by atoms with van der Waals surface area (Å²) in [5, 5.41) is 10.1. The number of carbonyl (C=O) groups excluding carboxylic acids is 2. The van der Waals surface area contributed by atoms with Crippen LogP contribution in [0.25, 0.3) is 0 Å². The van der Waals surface area contributed by atoms with Crippen LogP contribution in [-0.4, -0.2) is 84.1 Å². The number of hydrogen-bond acceptors (Lipinski definition) is 9. The second-order valence-electron chi connectivity index (χ2n) is 13.4. The van der Waals surface area contributed by atoms with Gasteiger partial charge in [-0.3, -0.25) is 9.59 Å². The van der Waals surface area contributed by atoms with Gasteiger partial charge in [0.05, 0.1) is 35.9 Å². The molecule has 1 saturated heterocycles. The minimum atomic E-state index is -0.233. The van der Waals surface area contributed by atoms with Crippen molar-refractivity contribution < 1.29 is 14.3 Å². The first-order valence-electron chi connectivity index (χ1n) is 16.4. The number of amides is 2. The van der Waals surface area contributed by atoms with Crippen molar-refractivity contribution in [3.05, 3.63) is 35.2 Å². The molecule has 0 spiro atoms. The number of likely N-dealkylation sites (N-methyl/N-ethyl adjacent to an activating group) is 2. The number of fused-ring (bicyclic) bond motifs is 2. The summed E-state index contributed by atoms with van der Waals surface area (Å²) in [4.78, 5) is 40.0. The van der Waals surface area contributed by atoms with Gasteiger partial charge in [0, 0.05) is 48.8 Å². The van der Waals surface area contributed by atoms with Gasteiger partial charge in [-0.1, -0.05) is 19.8 Å². The third-order valence-corrected chi connectivity index (χ3v) is 10.3. The van der Waals surface area contributed by atoms with E-state index < -0.39 is 0 Å². The fraction of sp³-hybridized carbons (Fsp3) is 0.636. The summed E-state index contributed by atoms with van der Waals surface area (Å²) >= 11 is 0. The van der Waals surface area contributed by atoms with E-state index in [1.165, 1.54) is 12.8 Å².